The van der Waals surface area contributed by atoms with Crippen molar-refractivity contribution in [3.05, 3.63) is 81.8 Å². The zero-order valence-electron chi connectivity index (χ0n) is 20.2. The van der Waals surface area contributed by atoms with Crippen LogP contribution in [0.1, 0.15) is 41.6 Å². The van der Waals surface area contributed by atoms with E-state index in [1.807, 2.05) is 69.4 Å². The minimum atomic E-state index is -0.366. The molecule has 180 valence electrons. The van der Waals surface area contributed by atoms with E-state index < -0.39 is 0 Å². The van der Waals surface area contributed by atoms with Gasteiger partial charge in [-0.05, 0) is 73.7 Å². The van der Waals surface area contributed by atoms with Crippen LogP contribution in [0.5, 0.6) is 0 Å². The highest BCUT2D eigenvalue weighted by atomic mass is 32.1. The zero-order chi connectivity index (χ0) is 24.9. The number of carbonyl (C=O) groups excluding carboxylic acids is 2. The first-order valence-corrected chi connectivity index (χ1v) is 11.9. The lowest BCUT2D eigenvalue weighted by atomic mass is 10.1. The molecule has 3 amide bonds. The molecule has 6 nitrogen and oxygen atoms in total. The maximum Gasteiger partial charge on any atom is 0.319 e. The van der Waals surface area contributed by atoms with Crippen LogP contribution in [-0.4, -0.2) is 36.5 Å². The van der Waals surface area contributed by atoms with Gasteiger partial charge in [0.2, 0.25) is 0 Å². The van der Waals surface area contributed by atoms with Crippen LogP contribution in [0.15, 0.2) is 60.0 Å². The summed E-state index contributed by atoms with van der Waals surface area (Å²) in [5.41, 5.74) is 2.91. The number of benzene rings is 2. The SMILES string of the molecule is CN(C)c1ccc(NC(=O)NC(C)(C)C)cc1CN(Cc1ccc(F)cc1)C(=O)c1cccs1. The van der Waals surface area contributed by atoms with Crippen LogP contribution in [0.4, 0.5) is 20.6 Å². The summed E-state index contributed by atoms with van der Waals surface area (Å²) >= 11 is 1.38. The number of amides is 3. The Bertz CT molecular complexity index is 1120. The maximum atomic E-state index is 13.4. The summed E-state index contributed by atoms with van der Waals surface area (Å²) < 4.78 is 13.4. The zero-order valence-corrected chi connectivity index (χ0v) is 21.0. The van der Waals surface area contributed by atoms with Gasteiger partial charge in [0.05, 0.1) is 4.88 Å². The summed E-state index contributed by atoms with van der Waals surface area (Å²) in [6, 6.07) is 15.2. The fourth-order valence-corrected chi connectivity index (χ4v) is 4.19. The van der Waals surface area contributed by atoms with Crippen molar-refractivity contribution in [2.45, 2.75) is 39.4 Å². The molecule has 0 atom stereocenters. The van der Waals surface area contributed by atoms with Gasteiger partial charge in [-0.25, -0.2) is 9.18 Å². The first-order valence-electron chi connectivity index (χ1n) is 11.0. The van der Waals surface area contributed by atoms with Crippen LogP contribution in [0.2, 0.25) is 0 Å². The maximum absolute atomic E-state index is 13.4. The first kappa shape index (κ1) is 25.2. The molecule has 0 fully saturated rings. The van der Waals surface area contributed by atoms with Crippen molar-refractivity contribution in [3.8, 4) is 0 Å². The van der Waals surface area contributed by atoms with Crippen LogP contribution in [0.3, 0.4) is 0 Å². The highest BCUT2D eigenvalue weighted by molar-refractivity contribution is 7.12. The molecule has 0 saturated carbocycles. The fraction of sp³-hybridized carbons (Fsp3) is 0.308. The molecule has 8 heteroatoms. The third-order valence-corrected chi connectivity index (χ3v) is 5.83. The van der Waals surface area contributed by atoms with E-state index in [1.54, 1.807) is 23.1 Å². The average molecular weight is 483 g/mol. The second-order valence-electron chi connectivity index (χ2n) is 9.33. The lowest BCUT2D eigenvalue weighted by Crippen LogP contribution is -2.43. The third kappa shape index (κ3) is 7.05. The normalized spacial score (nSPS) is 11.1. The predicted molar refractivity (Wildman–Crippen MR) is 137 cm³/mol. The Morgan fingerprint density at radius 1 is 1.00 bits per heavy atom. The van der Waals surface area contributed by atoms with Crippen molar-refractivity contribution >= 4 is 34.6 Å². The van der Waals surface area contributed by atoms with Crippen molar-refractivity contribution in [1.82, 2.24) is 10.2 Å². The molecule has 0 spiro atoms. The molecular weight excluding hydrogens is 451 g/mol. The van der Waals surface area contributed by atoms with Crippen molar-refractivity contribution in [2.24, 2.45) is 0 Å². The number of thiophene rings is 1. The Balaban J connectivity index is 1.91. The molecule has 0 aliphatic carbocycles. The highest BCUT2D eigenvalue weighted by Crippen LogP contribution is 2.27. The van der Waals surface area contributed by atoms with E-state index in [0.29, 0.717) is 23.7 Å². The van der Waals surface area contributed by atoms with E-state index in [1.165, 1.54) is 23.5 Å². The first-order chi connectivity index (χ1) is 16.0. The second kappa shape index (κ2) is 10.7. The predicted octanol–water partition coefficient (Wildman–Crippen LogP) is 5.72. The fourth-order valence-electron chi connectivity index (χ4n) is 3.50. The van der Waals surface area contributed by atoms with E-state index in [9.17, 15) is 14.0 Å². The largest absolute Gasteiger partial charge is 0.377 e. The molecule has 3 rings (SSSR count). The molecule has 1 aromatic heterocycles. The molecule has 2 aromatic carbocycles. The van der Waals surface area contributed by atoms with E-state index in [2.05, 4.69) is 10.6 Å². The average Bonchev–Trinajstić information content (AvgIpc) is 3.28. The summed E-state index contributed by atoms with van der Waals surface area (Å²) in [6.07, 6.45) is 0. The minimum Gasteiger partial charge on any atom is -0.377 e. The topological polar surface area (TPSA) is 64.7 Å². The summed E-state index contributed by atoms with van der Waals surface area (Å²) in [6.45, 7) is 6.38. The van der Waals surface area contributed by atoms with Gasteiger partial charge < -0.3 is 20.4 Å². The molecule has 0 radical (unpaired) electrons. The number of nitrogens with one attached hydrogen (secondary N) is 2. The van der Waals surface area contributed by atoms with Gasteiger partial charge in [0.15, 0.2) is 0 Å². The monoisotopic (exact) mass is 482 g/mol. The van der Waals surface area contributed by atoms with Crippen LogP contribution in [0, 0.1) is 5.82 Å². The Kier molecular flexibility index (Phi) is 7.94. The Hall–Kier alpha value is -3.39. The number of nitrogens with zero attached hydrogens (tertiary/aromatic N) is 2. The number of rotatable bonds is 7. The number of urea groups is 1. The third-order valence-electron chi connectivity index (χ3n) is 4.97. The number of carbonyl (C=O) groups is 2. The number of anilines is 2. The van der Waals surface area contributed by atoms with Crippen molar-refractivity contribution < 1.29 is 14.0 Å². The number of halogens is 1. The molecule has 0 unspecified atom stereocenters. The van der Waals surface area contributed by atoms with Gasteiger partial charge in [-0.15, -0.1) is 11.3 Å². The van der Waals surface area contributed by atoms with Crippen molar-refractivity contribution in [3.63, 3.8) is 0 Å². The molecule has 2 N–H and O–H groups in total. The molecule has 0 aliphatic heterocycles. The Morgan fingerprint density at radius 2 is 1.71 bits per heavy atom. The summed E-state index contributed by atoms with van der Waals surface area (Å²) in [5.74, 6) is -0.421. The molecule has 1 heterocycles. The number of hydrogen-bond donors (Lipinski definition) is 2. The van der Waals surface area contributed by atoms with Crippen molar-refractivity contribution in [1.29, 1.82) is 0 Å². The van der Waals surface area contributed by atoms with E-state index in [0.717, 1.165) is 16.8 Å². The minimum absolute atomic E-state index is 0.104. The van der Waals surface area contributed by atoms with E-state index >= 15 is 0 Å². The number of hydrogen-bond acceptors (Lipinski definition) is 4. The van der Waals surface area contributed by atoms with Gasteiger partial charge in [0.25, 0.3) is 5.91 Å². The quantitative estimate of drug-likeness (QED) is 0.453. The standard InChI is InChI=1S/C26H31FN4O2S/c1-26(2,3)29-25(33)28-21-12-13-22(30(4)5)19(15-21)17-31(24(32)23-7-6-14-34-23)16-18-8-10-20(27)11-9-18/h6-15H,16-17H2,1-5H3,(H2,28,29,33). The highest BCUT2D eigenvalue weighted by Gasteiger charge is 2.20. The van der Waals surface area contributed by atoms with Crippen molar-refractivity contribution in [2.75, 3.05) is 24.3 Å². The van der Waals surface area contributed by atoms with E-state index in [4.69, 9.17) is 0 Å². The van der Waals surface area contributed by atoms with Gasteiger partial charge in [-0.3, -0.25) is 4.79 Å². The van der Waals surface area contributed by atoms with Gasteiger partial charge >= 0.3 is 6.03 Å². The van der Waals surface area contributed by atoms with Crippen LogP contribution in [0.25, 0.3) is 0 Å². The van der Waals surface area contributed by atoms with Crippen LogP contribution < -0.4 is 15.5 Å². The van der Waals surface area contributed by atoms with Crippen LogP contribution in [-0.2, 0) is 13.1 Å². The van der Waals surface area contributed by atoms with Gasteiger partial charge in [-0.1, -0.05) is 18.2 Å². The Morgan fingerprint density at radius 3 is 2.29 bits per heavy atom. The second-order valence-corrected chi connectivity index (χ2v) is 10.3. The molecule has 0 saturated heterocycles. The Labute approximate surface area is 204 Å². The lowest BCUT2D eigenvalue weighted by molar-refractivity contribution is 0.0735. The molecular formula is C26H31FN4O2S. The summed E-state index contributed by atoms with van der Waals surface area (Å²) in [5, 5.41) is 7.63. The summed E-state index contributed by atoms with van der Waals surface area (Å²) in [7, 11) is 3.87. The summed E-state index contributed by atoms with van der Waals surface area (Å²) in [4.78, 5) is 30.1. The molecule has 0 aliphatic rings. The molecule has 0 bridgehead atoms. The van der Waals surface area contributed by atoms with Gasteiger partial charge in [0, 0.05) is 44.1 Å². The molecule has 3 aromatic rings. The van der Waals surface area contributed by atoms with Crippen LogP contribution >= 0.6 is 11.3 Å². The van der Waals surface area contributed by atoms with Gasteiger partial charge in [-0.2, -0.15) is 0 Å². The van der Waals surface area contributed by atoms with Gasteiger partial charge in [0.1, 0.15) is 5.82 Å². The lowest BCUT2D eigenvalue weighted by Gasteiger charge is -2.26. The smallest absolute Gasteiger partial charge is 0.319 e. The van der Waals surface area contributed by atoms with E-state index in [-0.39, 0.29) is 23.3 Å². The molecule has 34 heavy (non-hydrogen) atoms.